The summed E-state index contributed by atoms with van der Waals surface area (Å²) in [6, 6.07) is 7.14. The van der Waals surface area contributed by atoms with Crippen molar-refractivity contribution in [2.75, 3.05) is 13.2 Å². The molecule has 0 amide bonds. The van der Waals surface area contributed by atoms with Gasteiger partial charge >= 0.3 is 5.97 Å². The summed E-state index contributed by atoms with van der Waals surface area (Å²) < 4.78 is 10.1. The standard InChI is InChI=1S/C13H18O4/c1-3-11(14)10-7-5-6-8-12(10)17-9-13(15)16-4-2/h5-8,11,14H,3-4,9H2,1-2H3/t11-/m1/s1. The monoisotopic (exact) mass is 238 g/mol. The number of carbonyl (C=O) groups excluding carboxylic acids is 1. The molecular weight excluding hydrogens is 220 g/mol. The number of benzene rings is 1. The minimum atomic E-state index is -0.576. The highest BCUT2D eigenvalue weighted by Gasteiger charge is 2.12. The Balaban J connectivity index is 2.67. The van der Waals surface area contributed by atoms with Crippen LogP contribution in [0.4, 0.5) is 0 Å². The molecule has 0 aliphatic carbocycles. The van der Waals surface area contributed by atoms with Gasteiger partial charge in [-0.1, -0.05) is 25.1 Å². The molecule has 0 aliphatic rings. The van der Waals surface area contributed by atoms with Crippen molar-refractivity contribution < 1.29 is 19.4 Å². The van der Waals surface area contributed by atoms with Crippen molar-refractivity contribution >= 4 is 5.97 Å². The number of carbonyl (C=O) groups is 1. The van der Waals surface area contributed by atoms with Crippen LogP contribution in [-0.4, -0.2) is 24.3 Å². The summed E-state index contributed by atoms with van der Waals surface area (Å²) in [4.78, 5) is 11.2. The molecule has 1 atom stereocenters. The molecule has 4 nitrogen and oxygen atoms in total. The van der Waals surface area contributed by atoms with Crippen LogP contribution in [0.5, 0.6) is 5.75 Å². The lowest BCUT2D eigenvalue weighted by Gasteiger charge is -2.14. The Kier molecular flexibility index (Phi) is 5.49. The van der Waals surface area contributed by atoms with E-state index in [0.29, 0.717) is 24.3 Å². The first-order valence-corrected chi connectivity index (χ1v) is 5.74. The fraction of sp³-hybridized carbons (Fsp3) is 0.462. The lowest BCUT2D eigenvalue weighted by atomic mass is 10.1. The molecule has 1 N–H and O–H groups in total. The number of hydrogen-bond donors (Lipinski definition) is 1. The summed E-state index contributed by atoms with van der Waals surface area (Å²) >= 11 is 0. The predicted molar refractivity (Wildman–Crippen MR) is 63.8 cm³/mol. The van der Waals surface area contributed by atoms with E-state index in [-0.39, 0.29) is 6.61 Å². The van der Waals surface area contributed by atoms with E-state index in [0.717, 1.165) is 0 Å². The summed E-state index contributed by atoms with van der Waals surface area (Å²) in [5.41, 5.74) is 0.694. The second-order valence-electron chi connectivity index (χ2n) is 3.56. The van der Waals surface area contributed by atoms with Gasteiger partial charge in [-0.25, -0.2) is 4.79 Å². The molecule has 0 saturated heterocycles. The van der Waals surface area contributed by atoms with Gasteiger partial charge < -0.3 is 14.6 Å². The van der Waals surface area contributed by atoms with Gasteiger partial charge in [0.05, 0.1) is 12.7 Å². The maximum Gasteiger partial charge on any atom is 0.344 e. The Labute approximate surface area is 101 Å². The third kappa shape index (κ3) is 4.07. The summed E-state index contributed by atoms with van der Waals surface area (Å²) in [6.45, 7) is 3.82. The summed E-state index contributed by atoms with van der Waals surface area (Å²) in [5.74, 6) is 0.114. The lowest BCUT2D eigenvalue weighted by molar-refractivity contribution is -0.145. The van der Waals surface area contributed by atoms with Crippen molar-refractivity contribution in [1.29, 1.82) is 0 Å². The molecule has 4 heteroatoms. The molecule has 1 aromatic rings. The summed E-state index contributed by atoms with van der Waals surface area (Å²) in [5, 5.41) is 9.78. The number of rotatable bonds is 6. The maximum atomic E-state index is 11.2. The van der Waals surface area contributed by atoms with E-state index < -0.39 is 12.1 Å². The van der Waals surface area contributed by atoms with E-state index in [1.165, 1.54) is 0 Å². The normalized spacial score (nSPS) is 11.9. The molecule has 1 aromatic carbocycles. The largest absolute Gasteiger partial charge is 0.482 e. The van der Waals surface area contributed by atoms with Crippen molar-refractivity contribution in [3.05, 3.63) is 29.8 Å². The van der Waals surface area contributed by atoms with Crippen LogP contribution in [0.1, 0.15) is 31.9 Å². The quantitative estimate of drug-likeness (QED) is 0.771. The van der Waals surface area contributed by atoms with E-state index >= 15 is 0 Å². The van der Waals surface area contributed by atoms with Gasteiger partial charge in [0, 0.05) is 5.56 Å². The highest BCUT2D eigenvalue weighted by Crippen LogP contribution is 2.26. The Bertz CT molecular complexity index is 362. The molecule has 17 heavy (non-hydrogen) atoms. The van der Waals surface area contributed by atoms with Crippen LogP contribution >= 0.6 is 0 Å². The summed E-state index contributed by atoms with van der Waals surface area (Å²) in [6.07, 6.45) is 0.0214. The zero-order chi connectivity index (χ0) is 12.7. The smallest absolute Gasteiger partial charge is 0.344 e. The first kappa shape index (κ1) is 13.5. The number of para-hydroxylation sites is 1. The van der Waals surface area contributed by atoms with E-state index in [4.69, 9.17) is 9.47 Å². The zero-order valence-electron chi connectivity index (χ0n) is 10.2. The molecule has 94 valence electrons. The molecule has 0 unspecified atom stereocenters. The highest BCUT2D eigenvalue weighted by molar-refractivity contribution is 5.71. The van der Waals surface area contributed by atoms with Gasteiger partial charge in [-0.2, -0.15) is 0 Å². The topological polar surface area (TPSA) is 55.8 Å². The van der Waals surface area contributed by atoms with Gasteiger partial charge in [0.2, 0.25) is 0 Å². The van der Waals surface area contributed by atoms with Crippen molar-refractivity contribution in [3.63, 3.8) is 0 Å². The highest BCUT2D eigenvalue weighted by atomic mass is 16.6. The van der Waals surface area contributed by atoms with Gasteiger partial charge in [-0.05, 0) is 19.4 Å². The van der Waals surface area contributed by atoms with Crippen molar-refractivity contribution in [2.45, 2.75) is 26.4 Å². The van der Waals surface area contributed by atoms with Gasteiger partial charge in [0.25, 0.3) is 0 Å². The predicted octanol–water partition coefficient (Wildman–Crippen LogP) is 2.07. The minimum Gasteiger partial charge on any atom is -0.482 e. The van der Waals surface area contributed by atoms with E-state index in [1.54, 1.807) is 25.1 Å². The number of ether oxygens (including phenoxy) is 2. The van der Waals surface area contributed by atoms with Crippen LogP contribution in [-0.2, 0) is 9.53 Å². The van der Waals surface area contributed by atoms with Crippen LogP contribution in [0, 0.1) is 0 Å². The number of aliphatic hydroxyl groups is 1. The third-order valence-corrected chi connectivity index (χ3v) is 2.32. The third-order valence-electron chi connectivity index (χ3n) is 2.32. The van der Waals surface area contributed by atoms with Crippen LogP contribution < -0.4 is 4.74 Å². The molecule has 0 bridgehead atoms. The van der Waals surface area contributed by atoms with Crippen molar-refractivity contribution in [1.82, 2.24) is 0 Å². The average molecular weight is 238 g/mol. The Morgan fingerprint density at radius 2 is 2.06 bits per heavy atom. The second-order valence-corrected chi connectivity index (χ2v) is 3.56. The second kappa shape index (κ2) is 6.91. The molecule has 0 fully saturated rings. The molecule has 0 aliphatic heterocycles. The first-order chi connectivity index (χ1) is 8.19. The fourth-order valence-corrected chi connectivity index (χ4v) is 1.45. The number of hydrogen-bond acceptors (Lipinski definition) is 4. The number of aliphatic hydroxyl groups excluding tert-OH is 1. The molecule has 0 heterocycles. The summed E-state index contributed by atoms with van der Waals surface area (Å²) in [7, 11) is 0. The van der Waals surface area contributed by atoms with E-state index in [1.807, 2.05) is 13.0 Å². The van der Waals surface area contributed by atoms with Crippen LogP contribution in [0.25, 0.3) is 0 Å². The Morgan fingerprint density at radius 1 is 1.35 bits per heavy atom. The first-order valence-electron chi connectivity index (χ1n) is 5.74. The van der Waals surface area contributed by atoms with E-state index in [9.17, 15) is 9.90 Å². The Hall–Kier alpha value is -1.55. The molecular formula is C13H18O4. The van der Waals surface area contributed by atoms with Gasteiger partial charge in [0.1, 0.15) is 5.75 Å². The lowest BCUT2D eigenvalue weighted by Crippen LogP contribution is -2.15. The Morgan fingerprint density at radius 3 is 2.71 bits per heavy atom. The zero-order valence-corrected chi connectivity index (χ0v) is 10.2. The van der Waals surface area contributed by atoms with Gasteiger partial charge in [-0.3, -0.25) is 0 Å². The average Bonchev–Trinajstić information content (AvgIpc) is 2.36. The van der Waals surface area contributed by atoms with E-state index in [2.05, 4.69) is 0 Å². The van der Waals surface area contributed by atoms with Gasteiger partial charge in [-0.15, -0.1) is 0 Å². The van der Waals surface area contributed by atoms with Crippen LogP contribution in [0.3, 0.4) is 0 Å². The molecule has 0 spiro atoms. The fourth-order valence-electron chi connectivity index (χ4n) is 1.45. The molecule has 0 radical (unpaired) electrons. The molecule has 0 saturated carbocycles. The van der Waals surface area contributed by atoms with Crippen molar-refractivity contribution in [3.8, 4) is 5.75 Å². The van der Waals surface area contributed by atoms with Gasteiger partial charge in [0.15, 0.2) is 6.61 Å². The maximum absolute atomic E-state index is 11.2. The SMILES string of the molecule is CCOC(=O)COc1ccccc1[C@H](O)CC. The number of esters is 1. The molecule has 0 aromatic heterocycles. The molecule has 1 rings (SSSR count). The minimum absolute atomic E-state index is 0.138. The van der Waals surface area contributed by atoms with Crippen LogP contribution in [0.15, 0.2) is 24.3 Å². The van der Waals surface area contributed by atoms with Crippen LogP contribution in [0.2, 0.25) is 0 Å². The van der Waals surface area contributed by atoms with Crippen molar-refractivity contribution in [2.24, 2.45) is 0 Å².